The number of thioether (sulfide) groups is 1. The van der Waals surface area contributed by atoms with Gasteiger partial charge in [-0.1, -0.05) is 13.0 Å². The Hall–Kier alpha value is -2.80. The van der Waals surface area contributed by atoms with E-state index in [0.717, 1.165) is 29.3 Å². The quantitative estimate of drug-likeness (QED) is 0.558. The van der Waals surface area contributed by atoms with Crippen LogP contribution in [0.2, 0.25) is 0 Å². The van der Waals surface area contributed by atoms with E-state index in [0.29, 0.717) is 28.5 Å². The van der Waals surface area contributed by atoms with E-state index >= 15 is 0 Å². The number of esters is 1. The molecule has 6 nitrogen and oxygen atoms in total. The summed E-state index contributed by atoms with van der Waals surface area (Å²) < 4.78 is 10.6. The third kappa shape index (κ3) is 3.83. The van der Waals surface area contributed by atoms with Gasteiger partial charge in [0.2, 0.25) is 0 Å². The van der Waals surface area contributed by atoms with Crippen LogP contribution in [0.4, 0.5) is 4.79 Å². The number of furan rings is 1. The Kier molecular flexibility index (Phi) is 5.51. The number of aryl methyl sites for hydroxylation is 1. The van der Waals surface area contributed by atoms with Crippen molar-refractivity contribution in [2.75, 3.05) is 13.7 Å². The Bertz CT molecular complexity index is 944. The number of ether oxygens (including phenoxy) is 1. The molecule has 0 atom stereocenters. The predicted molar refractivity (Wildman–Crippen MR) is 103 cm³/mol. The number of imide groups is 1. The Morgan fingerprint density at radius 2 is 2.04 bits per heavy atom. The van der Waals surface area contributed by atoms with Gasteiger partial charge in [-0.05, 0) is 54.9 Å². The lowest BCUT2D eigenvalue weighted by atomic mass is 10.0. The van der Waals surface area contributed by atoms with Crippen molar-refractivity contribution in [1.29, 1.82) is 0 Å². The van der Waals surface area contributed by atoms with Gasteiger partial charge in [0, 0.05) is 18.2 Å². The molecule has 0 bridgehead atoms. The third-order valence-corrected chi connectivity index (χ3v) is 5.04. The molecule has 2 aromatic rings. The molecule has 1 saturated heterocycles. The summed E-state index contributed by atoms with van der Waals surface area (Å²) >= 11 is 0.920. The van der Waals surface area contributed by atoms with Crippen LogP contribution in [0, 0.1) is 6.92 Å². The van der Waals surface area contributed by atoms with Gasteiger partial charge in [-0.15, -0.1) is 0 Å². The van der Waals surface area contributed by atoms with Crippen LogP contribution in [0.5, 0.6) is 0 Å². The molecule has 1 aromatic heterocycles. The van der Waals surface area contributed by atoms with Crippen molar-refractivity contribution >= 4 is 35.0 Å². The van der Waals surface area contributed by atoms with Gasteiger partial charge in [-0.2, -0.15) is 0 Å². The summed E-state index contributed by atoms with van der Waals surface area (Å²) in [6, 6.07) is 8.74. The highest BCUT2D eigenvalue weighted by Gasteiger charge is 2.34. The van der Waals surface area contributed by atoms with Crippen molar-refractivity contribution in [3.8, 4) is 11.3 Å². The Morgan fingerprint density at radius 3 is 2.70 bits per heavy atom. The lowest BCUT2D eigenvalue weighted by Gasteiger charge is -2.09. The van der Waals surface area contributed by atoms with Crippen molar-refractivity contribution < 1.29 is 23.5 Å². The second-order valence-corrected chi connectivity index (χ2v) is 7.05. The van der Waals surface area contributed by atoms with Gasteiger partial charge in [0.1, 0.15) is 11.5 Å². The molecule has 2 amide bonds. The maximum atomic E-state index is 12.3. The zero-order valence-corrected chi connectivity index (χ0v) is 16.1. The van der Waals surface area contributed by atoms with Gasteiger partial charge in [0.15, 0.2) is 0 Å². The molecule has 0 saturated carbocycles. The van der Waals surface area contributed by atoms with Crippen LogP contribution in [0.25, 0.3) is 17.4 Å². The summed E-state index contributed by atoms with van der Waals surface area (Å²) in [6.07, 6.45) is 2.30. The van der Waals surface area contributed by atoms with Crippen LogP contribution in [0.15, 0.2) is 39.7 Å². The van der Waals surface area contributed by atoms with Crippen molar-refractivity contribution in [3.05, 3.63) is 52.1 Å². The first-order valence-electron chi connectivity index (χ1n) is 8.49. The molecule has 0 spiro atoms. The zero-order valence-electron chi connectivity index (χ0n) is 15.3. The van der Waals surface area contributed by atoms with Gasteiger partial charge in [0.25, 0.3) is 11.1 Å². The molecular formula is C20H19NO5S. The van der Waals surface area contributed by atoms with Gasteiger partial charge >= 0.3 is 5.97 Å². The van der Waals surface area contributed by atoms with Crippen LogP contribution >= 0.6 is 11.8 Å². The highest BCUT2D eigenvalue weighted by molar-refractivity contribution is 8.18. The van der Waals surface area contributed by atoms with Crippen LogP contribution in [0.3, 0.4) is 0 Å². The van der Waals surface area contributed by atoms with E-state index in [9.17, 15) is 14.4 Å². The first-order chi connectivity index (χ1) is 12.9. The normalized spacial score (nSPS) is 15.7. The summed E-state index contributed by atoms with van der Waals surface area (Å²) in [5.74, 6) is 0.419. The van der Waals surface area contributed by atoms with Crippen LogP contribution < -0.4 is 0 Å². The summed E-state index contributed by atoms with van der Waals surface area (Å²) in [7, 11) is 1.34. The molecule has 0 unspecified atom stereocenters. The number of rotatable bonds is 5. The number of nitrogens with zero attached hydrogens (tertiary/aromatic N) is 1. The van der Waals surface area contributed by atoms with E-state index in [2.05, 4.69) is 0 Å². The summed E-state index contributed by atoms with van der Waals surface area (Å²) in [4.78, 5) is 37.4. The smallest absolute Gasteiger partial charge is 0.337 e. The Labute approximate surface area is 161 Å². The lowest BCUT2D eigenvalue weighted by molar-refractivity contribution is -0.122. The molecule has 0 N–H and O–H groups in total. The molecule has 140 valence electrons. The molecule has 0 aliphatic carbocycles. The molecule has 1 fully saturated rings. The molecule has 3 rings (SSSR count). The SMILES string of the molecule is CCCN1C(=O)S/C(=C/c2ccc(-c3ccc(C(=O)OC)cc3C)o2)C1=O. The molecular weight excluding hydrogens is 366 g/mol. The maximum absolute atomic E-state index is 12.3. The number of benzene rings is 1. The highest BCUT2D eigenvalue weighted by atomic mass is 32.2. The molecule has 2 heterocycles. The second-order valence-electron chi connectivity index (χ2n) is 6.06. The summed E-state index contributed by atoms with van der Waals surface area (Å²) in [5.41, 5.74) is 2.17. The minimum absolute atomic E-state index is 0.255. The summed E-state index contributed by atoms with van der Waals surface area (Å²) in [6.45, 7) is 4.21. The zero-order chi connectivity index (χ0) is 19.6. The predicted octanol–water partition coefficient (Wildman–Crippen LogP) is 4.49. The van der Waals surface area contributed by atoms with Gasteiger partial charge in [-0.3, -0.25) is 14.5 Å². The molecule has 0 radical (unpaired) electrons. The number of carbonyl (C=O) groups is 3. The lowest BCUT2D eigenvalue weighted by Crippen LogP contribution is -2.28. The molecule has 27 heavy (non-hydrogen) atoms. The molecule has 1 aliphatic heterocycles. The Balaban J connectivity index is 1.85. The van der Waals surface area contributed by atoms with Crippen LogP contribution in [-0.2, 0) is 9.53 Å². The summed E-state index contributed by atoms with van der Waals surface area (Å²) in [5, 5.41) is -0.255. The van der Waals surface area contributed by atoms with E-state index in [-0.39, 0.29) is 11.1 Å². The van der Waals surface area contributed by atoms with Crippen molar-refractivity contribution in [2.24, 2.45) is 0 Å². The second kappa shape index (κ2) is 7.84. The first kappa shape index (κ1) is 19.0. The Morgan fingerprint density at radius 1 is 1.26 bits per heavy atom. The minimum Gasteiger partial charge on any atom is -0.465 e. The van der Waals surface area contributed by atoms with Gasteiger partial charge in [0.05, 0.1) is 17.6 Å². The maximum Gasteiger partial charge on any atom is 0.337 e. The standard InChI is InChI=1S/C20H19NO5S/c1-4-9-21-18(22)17(27-20(21)24)11-14-6-8-16(26-14)15-7-5-13(10-12(15)2)19(23)25-3/h5-8,10-11H,4,9H2,1-3H3/b17-11+. The van der Waals surface area contributed by atoms with Crippen molar-refractivity contribution in [1.82, 2.24) is 4.90 Å². The van der Waals surface area contributed by atoms with E-state index in [4.69, 9.17) is 9.15 Å². The topological polar surface area (TPSA) is 76.8 Å². The number of carbonyl (C=O) groups excluding carboxylic acids is 3. The number of methoxy groups -OCH3 is 1. The van der Waals surface area contributed by atoms with E-state index in [1.54, 1.807) is 36.4 Å². The fourth-order valence-corrected chi connectivity index (χ4v) is 3.65. The van der Waals surface area contributed by atoms with Crippen molar-refractivity contribution in [3.63, 3.8) is 0 Å². The number of hydrogen-bond donors (Lipinski definition) is 0. The average Bonchev–Trinajstić information content (AvgIpc) is 3.21. The fourth-order valence-electron chi connectivity index (χ4n) is 2.81. The first-order valence-corrected chi connectivity index (χ1v) is 9.30. The van der Waals surface area contributed by atoms with E-state index in [1.807, 2.05) is 13.8 Å². The van der Waals surface area contributed by atoms with Gasteiger partial charge in [-0.25, -0.2) is 4.79 Å². The van der Waals surface area contributed by atoms with Gasteiger partial charge < -0.3 is 9.15 Å². The van der Waals surface area contributed by atoms with Crippen LogP contribution in [0.1, 0.15) is 35.0 Å². The largest absolute Gasteiger partial charge is 0.465 e. The van der Waals surface area contributed by atoms with E-state index in [1.165, 1.54) is 12.0 Å². The number of amides is 2. The average molecular weight is 385 g/mol. The fraction of sp³-hybridized carbons (Fsp3) is 0.250. The van der Waals surface area contributed by atoms with Crippen LogP contribution in [-0.4, -0.2) is 35.7 Å². The molecule has 1 aromatic carbocycles. The monoisotopic (exact) mass is 385 g/mol. The van der Waals surface area contributed by atoms with Crippen molar-refractivity contribution in [2.45, 2.75) is 20.3 Å². The molecule has 7 heteroatoms. The minimum atomic E-state index is -0.396. The van der Waals surface area contributed by atoms with E-state index < -0.39 is 5.97 Å². The highest BCUT2D eigenvalue weighted by Crippen LogP contribution is 2.34. The third-order valence-electron chi connectivity index (χ3n) is 4.13. The number of hydrogen-bond acceptors (Lipinski definition) is 6. The molecule has 1 aliphatic rings.